The highest BCUT2D eigenvalue weighted by Crippen LogP contribution is 2.38. The van der Waals surface area contributed by atoms with E-state index in [2.05, 4.69) is 10.3 Å². The topological polar surface area (TPSA) is 63.6 Å². The van der Waals surface area contributed by atoms with Crippen molar-refractivity contribution >= 4 is 50.6 Å². The third kappa shape index (κ3) is 3.00. The lowest BCUT2D eigenvalue weighted by atomic mass is 9.88. The van der Waals surface area contributed by atoms with Crippen molar-refractivity contribution in [3.63, 3.8) is 0 Å². The van der Waals surface area contributed by atoms with E-state index in [1.807, 2.05) is 54.6 Å². The number of rotatable bonds is 3. The number of benzene rings is 2. The lowest BCUT2D eigenvalue weighted by Crippen LogP contribution is -2.42. The number of fused-ring (bicyclic) bond motifs is 1. The second-order valence-electron chi connectivity index (χ2n) is 5.82. The van der Waals surface area contributed by atoms with Crippen LogP contribution >= 0.6 is 23.6 Å². The Bertz CT molecular complexity index is 981. The highest BCUT2D eigenvalue weighted by Gasteiger charge is 2.39. The monoisotopic (exact) mass is 381 g/mol. The van der Waals surface area contributed by atoms with Crippen molar-refractivity contribution in [1.29, 1.82) is 0 Å². The molecule has 0 saturated heterocycles. The van der Waals surface area contributed by atoms with Gasteiger partial charge in [-0.05, 0) is 29.9 Å². The number of hydrogen-bond donors (Lipinski definition) is 1. The van der Waals surface area contributed by atoms with E-state index in [-0.39, 0.29) is 22.8 Å². The van der Waals surface area contributed by atoms with Gasteiger partial charge in [0.15, 0.2) is 5.11 Å². The predicted octanol–water partition coefficient (Wildman–Crippen LogP) is 3.62. The fourth-order valence-electron chi connectivity index (χ4n) is 3.08. The number of thiocarbonyl (C=S) groups is 1. The van der Waals surface area contributed by atoms with Crippen LogP contribution in [0.15, 0.2) is 59.6 Å². The molecule has 2 heterocycles. The van der Waals surface area contributed by atoms with Crippen LogP contribution < -0.4 is 5.32 Å². The van der Waals surface area contributed by atoms with Crippen LogP contribution in [0.5, 0.6) is 0 Å². The molecule has 3 aromatic rings. The summed E-state index contributed by atoms with van der Waals surface area (Å²) in [6.45, 7) is 0. The number of hydrogen-bond acceptors (Lipinski definition) is 5. The number of carbonyl (C=O) groups excluding carboxylic acids is 1. The molecule has 4 rings (SSSR count). The van der Waals surface area contributed by atoms with Gasteiger partial charge in [-0.3, -0.25) is 0 Å². The standard InChI is InChI=1S/C19H15N3O2S2/c1-24-18(23)16-14(17-20-12-9-5-6-10-13(12)26-17)15(21-19(25)22-16)11-7-3-2-4-8-11/h2-10,14-15H,1H3,(H,21,25)/t14-,15-/m1/s1. The average molecular weight is 381 g/mol. The Balaban J connectivity index is 1.89. The summed E-state index contributed by atoms with van der Waals surface area (Å²) in [5, 5.41) is 4.32. The first-order valence-corrected chi connectivity index (χ1v) is 9.27. The molecule has 26 heavy (non-hydrogen) atoms. The molecule has 0 bridgehead atoms. The van der Waals surface area contributed by atoms with Crippen molar-refractivity contribution in [1.82, 2.24) is 10.3 Å². The van der Waals surface area contributed by atoms with E-state index in [9.17, 15) is 4.79 Å². The molecule has 0 radical (unpaired) electrons. The van der Waals surface area contributed by atoms with Crippen LogP contribution in [-0.4, -0.2) is 28.9 Å². The minimum absolute atomic E-state index is 0.240. The minimum atomic E-state index is -0.487. The van der Waals surface area contributed by atoms with E-state index in [0.29, 0.717) is 0 Å². The van der Waals surface area contributed by atoms with Gasteiger partial charge in [-0.1, -0.05) is 42.5 Å². The summed E-state index contributed by atoms with van der Waals surface area (Å²) in [7, 11) is 1.35. The summed E-state index contributed by atoms with van der Waals surface area (Å²) < 4.78 is 6.03. The number of ether oxygens (including phenoxy) is 1. The molecule has 0 aliphatic carbocycles. The second-order valence-corrected chi connectivity index (χ2v) is 7.27. The Morgan fingerprint density at radius 1 is 1.15 bits per heavy atom. The van der Waals surface area contributed by atoms with Gasteiger partial charge < -0.3 is 10.1 Å². The summed E-state index contributed by atoms with van der Waals surface area (Å²) in [5.41, 5.74) is 2.19. The number of thiazole rings is 1. The third-order valence-corrected chi connectivity index (χ3v) is 5.59. The van der Waals surface area contributed by atoms with E-state index in [1.54, 1.807) is 11.3 Å². The Morgan fingerprint density at radius 2 is 1.88 bits per heavy atom. The van der Waals surface area contributed by atoms with Gasteiger partial charge in [0.05, 0.1) is 29.3 Å². The number of carbonyl (C=O) groups is 1. The molecule has 0 fully saturated rings. The number of nitrogens with one attached hydrogen (secondary N) is 1. The third-order valence-electron chi connectivity index (χ3n) is 4.26. The lowest BCUT2D eigenvalue weighted by Gasteiger charge is -2.31. The van der Waals surface area contributed by atoms with Gasteiger partial charge in [-0.2, -0.15) is 0 Å². The number of methoxy groups -OCH3 is 1. The molecule has 1 aliphatic rings. The maximum absolute atomic E-state index is 12.4. The van der Waals surface area contributed by atoms with Crippen LogP contribution in [0, 0.1) is 0 Å². The Hall–Kier alpha value is -2.64. The van der Waals surface area contributed by atoms with Crippen molar-refractivity contribution in [2.45, 2.75) is 12.0 Å². The maximum atomic E-state index is 12.4. The molecule has 1 aromatic heterocycles. The molecule has 130 valence electrons. The van der Waals surface area contributed by atoms with Crippen LogP contribution in [0.2, 0.25) is 0 Å². The van der Waals surface area contributed by atoms with E-state index in [4.69, 9.17) is 21.9 Å². The van der Waals surface area contributed by atoms with Crippen molar-refractivity contribution in [3.8, 4) is 0 Å². The molecule has 0 spiro atoms. The summed E-state index contributed by atoms with van der Waals surface area (Å²) in [6, 6.07) is 17.5. The first-order valence-electron chi connectivity index (χ1n) is 8.05. The van der Waals surface area contributed by atoms with Crippen LogP contribution in [-0.2, 0) is 9.53 Å². The van der Waals surface area contributed by atoms with Crippen molar-refractivity contribution in [3.05, 3.63) is 65.2 Å². The molecule has 0 amide bonds. The Morgan fingerprint density at radius 3 is 2.62 bits per heavy atom. The largest absolute Gasteiger partial charge is 0.465 e. The number of para-hydroxylation sites is 1. The molecule has 5 nitrogen and oxygen atoms in total. The van der Waals surface area contributed by atoms with E-state index in [0.717, 1.165) is 20.8 Å². The summed E-state index contributed by atoms with van der Waals surface area (Å²) in [6.07, 6.45) is 0. The Labute approximate surface area is 159 Å². The van der Waals surface area contributed by atoms with Crippen LogP contribution in [0.3, 0.4) is 0 Å². The fourth-order valence-corrected chi connectivity index (χ4v) is 4.42. The maximum Gasteiger partial charge on any atom is 0.353 e. The number of aliphatic imine (C=N–C) groups is 1. The number of nitrogens with zero attached hydrogens (tertiary/aromatic N) is 2. The zero-order valence-electron chi connectivity index (χ0n) is 13.9. The van der Waals surface area contributed by atoms with Gasteiger partial charge in [0.2, 0.25) is 0 Å². The van der Waals surface area contributed by atoms with Gasteiger partial charge in [0.25, 0.3) is 0 Å². The molecular weight excluding hydrogens is 366 g/mol. The van der Waals surface area contributed by atoms with Gasteiger partial charge in [-0.15, -0.1) is 11.3 Å². The molecule has 1 N–H and O–H groups in total. The number of aromatic nitrogens is 1. The molecule has 2 atom stereocenters. The molecule has 2 aromatic carbocycles. The van der Waals surface area contributed by atoms with Crippen molar-refractivity contribution in [2.75, 3.05) is 7.11 Å². The van der Waals surface area contributed by atoms with Crippen molar-refractivity contribution in [2.24, 2.45) is 4.99 Å². The van der Waals surface area contributed by atoms with Crippen LogP contribution in [0.4, 0.5) is 0 Å². The smallest absolute Gasteiger partial charge is 0.353 e. The molecule has 0 saturated carbocycles. The van der Waals surface area contributed by atoms with E-state index in [1.165, 1.54) is 7.11 Å². The summed E-state index contributed by atoms with van der Waals surface area (Å²) >= 11 is 6.82. The molecular formula is C19H15N3O2S2. The van der Waals surface area contributed by atoms with Crippen LogP contribution in [0.25, 0.3) is 10.2 Å². The van der Waals surface area contributed by atoms with E-state index < -0.39 is 5.97 Å². The minimum Gasteiger partial charge on any atom is -0.465 e. The summed E-state index contributed by atoms with van der Waals surface area (Å²) in [4.78, 5) is 21.5. The van der Waals surface area contributed by atoms with Gasteiger partial charge in [0.1, 0.15) is 10.7 Å². The van der Waals surface area contributed by atoms with Crippen LogP contribution in [0.1, 0.15) is 22.5 Å². The van der Waals surface area contributed by atoms with Gasteiger partial charge in [-0.25, -0.2) is 14.8 Å². The number of esters is 1. The zero-order chi connectivity index (χ0) is 18.1. The van der Waals surface area contributed by atoms with Gasteiger partial charge in [0, 0.05) is 0 Å². The van der Waals surface area contributed by atoms with Crippen molar-refractivity contribution < 1.29 is 9.53 Å². The first-order chi connectivity index (χ1) is 12.7. The average Bonchev–Trinajstić information content (AvgIpc) is 3.11. The fraction of sp³-hybridized carbons (Fsp3) is 0.158. The highest BCUT2D eigenvalue weighted by molar-refractivity contribution is 7.80. The Kier molecular flexibility index (Phi) is 4.48. The molecule has 7 heteroatoms. The molecule has 0 unspecified atom stereocenters. The zero-order valence-corrected chi connectivity index (χ0v) is 15.5. The van der Waals surface area contributed by atoms with Gasteiger partial charge >= 0.3 is 5.97 Å². The summed E-state index contributed by atoms with van der Waals surface area (Å²) in [5.74, 6) is -0.868. The highest BCUT2D eigenvalue weighted by atomic mass is 32.1. The SMILES string of the molecule is COC(=O)C1=NC(=S)N[C@H](c2ccccc2)[C@H]1c1nc2ccccc2s1. The lowest BCUT2D eigenvalue weighted by molar-refractivity contribution is -0.133. The second kappa shape index (κ2) is 6.93. The first kappa shape index (κ1) is 16.8. The predicted molar refractivity (Wildman–Crippen MR) is 107 cm³/mol. The van der Waals surface area contributed by atoms with E-state index >= 15 is 0 Å². The molecule has 1 aliphatic heterocycles. The normalized spacial score (nSPS) is 19.7. The quantitative estimate of drug-likeness (QED) is 0.554.